The van der Waals surface area contributed by atoms with E-state index in [4.69, 9.17) is 4.74 Å². The predicted molar refractivity (Wildman–Crippen MR) is 141 cm³/mol. The molecule has 3 amide bonds. The van der Waals surface area contributed by atoms with Crippen molar-refractivity contribution in [2.45, 2.75) is 111 Å². The van der Waals surface area contributed by atoms with Crippen LogP contribution in [0, 0.1) is 5.92 Å². The van der Waals surface area contributed by atoms with Gasteiger partial charge in [-0.05, 0) is 56.4 Å². The van der Waals surface area contributed by atoms with Gasteiger partial charge in [0.1, 0.15) is 11.4 Å². The molecule has 1 aromatic carbocycles. The van der Waals surface area contributed by atoms with Gasteiger partial charge in [-0.3, -0.25) is 9.69 Å². The molecular formula is C29H46N2O3. The van der Waals surface area contributed by atoms with E-state index in [1.165, 1.54) is 69.1 Å². The van der Waals surface area contributed by atoms with Crippen LogP contribution in [0.3, 0.4) is 0 Å². The maximum Gasteiger partial charge on any atom is 0.329 e. The zero-order valence-electron chi connectivity index (χ0n) is 21.9. The average Bonchev–Trinajstić information content (AvgIpc) is 3.06. The summed E-state index contributed by atoms with van der Waals surface area (Å²) in [5, 5.41) is 2.79. The summed E-state index contributed by atoms with van der Waals surface area (Å²) in [5.41, 5.74) is 1.22. The summed E-state index contributed by atoms with van der Waals surface area (Å²) in [7, 11) is 0. The molecule has 5 nitrogen and oxygen atoms in total. The lowest BCUT2D eigenvalue weighted by atomic mass is 9.93. The third-order valence-corrected chi connectivity index (χ3v) is 6.40. The van der Waals surface area contributed by atoms with Crippen molar-refractivity contribution in [1.29, 1.82) is 0 Å². The number of imide groups is 1. The van der Waals surface area contributed by atoms with E-state index in [2.05, 4.69) is 19.2 Å². The highest BCUT2D eigenvalue weighted by Gasteiger charge is 2.34. The minimum atomic E-state index is -0.294. The van der Waals surface area contributed by atoms with Crippen LogP contribution < -0.4 is 10.1 Å². The van der Waals surface area contributed by atoms with E-state index < -0.39 is 0 Å². The van der Waals surface area contributed by atoms with Gasteiger partial charge in [0.15, 0.2) is 0 Å². The monoisotopic (exact) mass is 470 g/mol. The minimum absolute atomic E-state index is 0.111. The maximum absolute atomic E-state index is 13.0. The first kappa shape index (κ1) is 27.9. The van der Waals surface area contributed by atoms with Crippen molar-refractivity contribution < 1.29 is 14.3 Å². The Hall–Kier alpha value is -2.30. The molecule has 0 saturated carbocycles. The lowest BCUT2D eigenvalue weighted by Crippen LogP contribution is -2.35. The fourth-order valence-electron chi connectivity index (χ4n) is 4.48. The Labute approximate surface area is 207 Å². The van der Waals surface area contributed by atoms with E-state index in [-0.39, 0.29) is 18.0 Å². The number of nitrogens with zero attached hydrogens (tertiary/aromatic N) is 1. The number of unbranched alkanes of at least 4 members (excludes halogenated alkanes) is 8. The van der Waals surface area contributed by atoms with Gasteiger partial charge in [0.05, 0.1) is 6.10 Å². The second kappa shape index (κ2) is 15.6. The van der Waals surface area contributed by atoms with Crippen LogP contribution in [0.15, 0.2) is 30.0 Å². The Morgan fingerprint density at radius 1 is 0.853 bits per heavy atom. The summed E-state index contributed by atoms with van der Waals surface area (Å²) in [6.07, 6.45) is 16.5. The van der Waals surface area contributed by atoms with Gasteiger partial charge in [-0.2, -0.15) is 0 Å². The van der Waals surface area contributed by atoms with Gasteiger partial charge in [0, 0.05) is 6.54 Å². The van der Waals surface area contributed by atoms with Crippen molar-refractivity contribution in [2.75, 3.05) is 6.54 Å². The van der Waals surface area contributed by atoms with Gasteiger partial charge in [0.25, 0.3) is 5.91 Å². The zero-order chi connectivity index (χ0) is 24.8. The molecule has 1 aromatic rings. The summed E-state index contributed by atoms with van der Waals surface area (Å²) in [5.74, 6) is 0.958. The summed E-state index contributed by atoms with van der Waals surface area (Å²) in [4.78, 5) is 27.1. The molecule has 0 bridgehead atoms. The fraction of sp³-hybridized carbons (Fsp3) is 0.655. The van der Waals surface area contributed by atoms with Crippen LogP contribution in [0.25, 0.3) is 6.08 Å². The predicted octanol–water partition coefficient (Wildman–Crippen LogP) is 7.70. The largest absolute Gasteiger partial charge is 0.491 e. The molecule has 34 heavy (non-hydrogen) atoms. The molecule has 0 aromatic heterocycles. The first-order valence-electron chi connectivity index (χ1n) is 13.6. The zero-order valence-corrected chi connectivity index (χ0v) is 21.9. The highest BCUT2D eigenvalue weighted by atomic mass is 16.5. The first-order chi connectivity index (χ1) is 16.4. The van der Waals surface area contributed by atoms with E-state index in [1.54, 1.807) is 6.08 Å². The van der Waals surface area contributed by atoms with Crippen molar-refractivity contribution in [2.24, 2.45) is 5.92 Å². The normalized spacial score (nSPS) is 15.9. The van der Waals surface area contributed by atoms with Crippen LogP contribution in [0.5, 0.6) is 5.75 Å². The highest BCUT2D eigenvalue weighted by molar-refractivity contribution is 6.13. The van der Waals surface area contributed by atoms with Crippen molar-refractivity contribution in [3.63, 3.8) is 0 Å². The van der Waals surface area contributed by atoms with Crippen LogP contribution in [-0.4, -0.2) is 29.5 Å². The Morgan fingerprint density at radius 3 is 2.00 bits per heavy atom. The van der Waals surface area contributed by atoms with Crippen molar-refractivity contribution in [3.8, 4) is 5.75 Å². The lowest BCUT2D eigenvalue weighted by molar-refractivity contribution is -0.123. The quantitative estimate of drug-likeness (QED) is 0.144. The topological polar surface area (TPSA) is 58.6 Å². The molecule has 5 heteroatoms. The minimum Gasteiger partial charge on any atom is -0.491 e. The Balaban J connectivity index is 1.96. The summed E-state index contributed by atoms with van der Waals surface area (Å²) in [6.45, 7) is 8.95. The number of carbonyl (C=O) groups excluding carboxylic acids is 2. The molecule has 1 saturated heterocycles. The molecule has 190 valence electrons. The van der Waals surface area contributed by atoms with Crippen molar-refractivity contribution in [1.82, 2.24) is 10.2 Å². The molecule has 1 atom stereocenters. The molecule has 1 aliphatic rings. The van der Waals surface area contributed by atoms with Gasteiger partial charge >= 0.3 is 6.03 Å². The number of hydrogen-bond acceptors (Lipinski definition) is 3. The molecule has 2 rings (SSSR count). The molecule has 1 unspecified atom stereocenters. The standard InChI is InChI=1S/C29H46N2O3/c1-5-7-9-11-12-14-16-25(15-13-10-8-6-2)22-31-28(32)27(30-29(31)33)21-24-17-19-26(20-18-24)34-23(3)4/h17-21,23,25H,5-16,22H2,1-4H3,(H,30,33). The fourth-order valence-corrected chi connectivity index (χ4v) is 4.48. The number of benzene rings is 1. The SMILES string of the molecule is CCCCCCCCC(CCCCCC)CN1C(=O)NC(=Cc2ccc(OC(C)C)cc2)C1=O. The molecule has 0 radical (unpaired) electrons. The smallest absolute Gasteiger partial charge is 0.329 e. The van der Waals surface area contributed by atoms with Crippen LogP contribution in [-0.2, 0) is 4.79 Å². The Morgan fingerprint density at radius 2 is 1.41 bits per heavy atom. The molecule has 1 heterocycles. The highest BCUT2D eigenvalue weighted by Crippen LogP contribution is 2.24. The summed E-state index contributed by atoms with van der Waals surface area (Å²) >= 11 is 0. The average molecular weight is 471 g/mol. The molecule has 1 fully saturated rings. The third-order valence-electron chi connectivity index (χ3n) is 6.40. The number of rotatable bonds is 17. The number of carbonyl (C=O) groups is 2. The molecule has 1 N–H and O–H groups in total. The number of amides is 3. The maximum atomic E-state index is 13.0. The van der Waals surface area contributed by atoms with E-state index >= 15 is 0 Å². The second-order valence-electron chi connectivity index (χ2n) is 9.91. The van der Waals surface area contributed by atoms with Crippen LogP contribution >= 0.6 is 0 Å². The van der Waals surface area contributed by atoms with Gasteiger partial charge in [-0.15, -0.1) is 0 Å². The Bertz CT molecular complexity index is 770. The van der Waals surface area contributed by atoms with Gasteiger partial charge in [-0.1, -0.05) is 90.2 Å². The van der Waals surface area contributed by atoms with E-state index in [0.29, 0.717) is 18.2 Å². The lowest BCUT2D eigenvalue weighted by Gasteiger charge is -2.21. The van der Waals surface area contributed by atoms with E-state index in [0.717, 1.165) is 24.2 Å². The van der Waals surface area contributed by atoms with Crippen molar-refractivity contribution in [3.05, 3.63) is 35.5 Å². The number of hydrogen-bond donors (Lipinski definition) is 1. The summed E-state index contributed by atoms with van der Waals surface area (Å²) in [6, 6.07) is 7.29. The molecule has 0 spiro atoms. The molecular weight excluding hydrogens is 424 g/mol. The van der Waals surface area contributed by atoms with Gasteiger partial charge in [-0.25, -0.2) is 4.79 Å². The molecule has 1 aliphatic heterocycles. The third kappa shape index (κ3) is 9.90. The first-order valence-corrected chi connectivity index (χ1v) is 13.6. The van der Waals surface area contributed by atoms with E-state index in [9.17, 15) is 9.59 Å². The summed E-state index contributed by atoms with van der Waals surface area (Å²) < 4.78 is 5.68. The number of urea groups is 1. The molecule has 0 aliphatic carbocycles. The van der Waals surface area contributed by atoms with Crippen LogP contribution in [0.1, 0.15) is 110 Å². The number of ether oxygens (including phenoxy) is 1. The van der Waals surface area contributed by atoms with Crippen LogP contribution in [0.2, 0.25) is 0 Å². The van der Waals surface area contributed by atoms with Gasteiger partial charge < -0.3 is 10.1 Å². The Kier molecular flexibility index (Phi) is 12.8. The van der Waals surface area contributed by atoms with Gasteiger partial charge in [0.2, 0.25) is 0 Å². The van der Waals surface area contributed by atoms with Crippen LogP contribution in [0.4, 0.5) is 4.79 Å². The number of nitrogens with one attached hydrogen (secondary N) is 1. The van der Waals surface area contributed by atoms with E-state index in [1.807, 2.05) is 38.1 Å². The van der Waals surface area contributed by atoms with Crippen molar-refractivity contribution >= 4 is 18.0 Å². The second-order valence-corrected chi connectivity index (χ2v) is 9.91.